The molecule has 0 saturated carbocycles. The molecule has 10 heteroatoms. The van der Waals surface area contributed by atoms with Gasteiger partial charge < -0.3 is 22.1 Å². The van der Waals surface area contributed by atoms with Crippen molar-refractivity contribution in [2.24, 2.45) is 35.2 Å². The minimum atomic E-state index is -2.72. The molecule has 0 aliphatic rings. The normalized spacial score (nSPS) is 15.9. The number of furan rings is 5. The molecule has 0 N–H and O–H groups in total. The molecule has 20 aromatic rings. The van der Waals surface area contributed by atoms with Crippen molar-refractivity contribution < 1.29 is 69.6 Å². The highest BCUT2D eigenvalue weighted by Gasteiger charge is 2.28. The molecule has 10 aromatic carbocycles. The zero-order valence-corrected chi connectivity index (χ0v) is 68.2. The quantitative estimate of drug-likeness (QED) is 0.142. The van der Waals surface area contributed by atoms with Gasteiger partial charge in [0, 0.05) is 138 Å². The van der Waals surface area contributed by atoms with E-state index in [0.29, 0.717) is 28.0 Å². The molecular formula is C107H104N5O5+5. The first-order valence-corrected chi connectivity index (χ1v) is 39.0. The topological polar surface area (TPSA) is 85.1 Å². The standard InChI is InChI=1S/C23H24NO.2C22H22NO.2C20H18NO/c1-14(2)19-12-20(24(5)13-16(19)4)22-15(3)10-11-18-17-8-6-7-9-21(17)25-23(18)22;1-14(2)16-10-12-19(23(4)13-16)21-15(3)9-11-18-17-7-5-6-8-20(17)24-22(18)21;1-14(2)16-11-12-23(4)19(13-16)21-15(3)9-10-18-17-7-5-6-8-20(17)24-22(18)21;1-13-8-11-17(21(3)12-13)19-14(2)9-10-16-15-6-4-5-7-18(15)22-20(16)19;1-13-10-11-21(3)17(12-13)19-14(2)8-9-16-15-6-4-5-7-18(15)22-20(16)19/h6-14H,1-5H3;2*5-14H,1-4H3;2*4-12H,1-3H3/q5*+1/i1D3,4D3,14D;2*1D3,14D;1D3;. The Bertz CT molecular complexity index is 8060. The molecule has 20 rings (SSSR count). The number of para-hydroxylation sites is 5. The predicted octanol–water partition coefficient (Wildman–Crippen LogP) is 26.2. The van der Waals surface area contributed by atoms with Crippen molar-refractivity contribution in [3.8, 4) is 56.3 Å². The number of rotatable bonds is 8. The number of pyridine rings is 5. The maximum atomic E-state index is 8.63. The van der Waals surface area contributed by atoms with Crippen LogP contribution in [0.25, 0.3) is 166 Å². The van der Waals surface area contributed by atoms with Gasteiger partial charge >= 0.3 is 0 Å². The number of nitrogens with zero attached hydrogens (tertiary/aromatic N) is 5. The van der Waals surface area contributed by atoms with Crippen molar-refractivity contribution in [1.29, 1.82) is 0 Å². The van der Waals surface area contributed by atoms with E-state index in [-0.39, 0.29) is 11.1 Å². The molecule has 0 bridgehead atoms. The van der Waals surface area contributed by atoms with Crippen LogP contribution in [0.4, 0.5) is 0 Å². The maximum absolute atomic E-state index is 8.63. The molecule has 0 radical (unpaired) electrons. The molecule has 0 fully saturated rings. The molecular weight excluding hydrogens is 1440 g/mol. The monoisotopic (exact) mass is 1560 g/mol. The summed E-state index contributed by atoms with van der Waals surface area (Å²) in [5, 5.41) is 10.6. The van der Waals surface area contributed by atoms with Gasteiger partial charge in [0.25, 0.3) is 0 Å². The molecule has 10 heterocycles. The summed E-state index contributed by atoms with van der Waals surface area (Å²) in [5.41, 5.74) is 25.0. The van der Waals surface area contributed by atoms with E-state index in [9.17, 15) is 0 Å². The highest BCUT2D eigenvalue weighted by molar-refractivity contribution is 6.14. The van der Waals surface area contributed by atoms with E-state index in [1.165, 1.54) is 66.2 Å². The predicted molar refractivity (Wildman–Crippen MR) is 482 cm³/mol. The lowest BCUT2D eigenvalue weighted by Gasteiger charge is -2.12. The molecule has 3 unspecified atom stereocenters. The van der Waals surface area contributed by atoms with Gasteiger partial charge in [-0.05, 0) is 160 Å². The fourth-order valence-corrected chi connectivity index (χ4v) is 16.2. The summed E-state index contributed by atoms with van der Waals surface area (Å²) in [4.78, 5) is 0. The molecule has 0 aliphatic heterocycles. The van der Waals surface area contributed by atoms with E-state index >= 15 is 0 Å². The molecule has 3 atom stereocenters. The lowest BCUT2D eigenvalue weighted by atomic mass is 9.94. The average Bonchev–Trinajstić information content (AvgIpc) is 1.74. The van der Waals surface area contributed by atoms with E-state index in [1.54, 1.807) is 48.3 Å². The number of benzene rings is 10. The summed E-state index contributed by atoms with van der Waals surface area (Å²) in [5.74, 6) is -5.50. The van der Waals surface area contributed by atoms with E-state index < -0.39 is 51.9 Å². The number of hydrogen-bond donors (Lipinski definition) is 0. The Morgan fingerprint density at radius 2 is 0.598 bits per heavy atom. The smallest absolute Gasteiger partial charge is 0.216 e. The van der Waals surface area contributed by atoms with Crippen molar-refractivity contribution in [1.82, 2.24) is 0 Å². The van der Waals surface area contributed by atoms with Crippen LogP contribution < -0.4 is 22.8 Å². The number of hydrogen-bond acceptors (Lipinski definition) is 5. The second kappa shape index (κ2) is 32.0. The zero-order chi connectivity index (χ0) is 97.2. The zero-order valence-electron chi connectivity index (χ0n) is 86.2. The van der Waals surface area contributed by atoms with Gasteiger partial charge in [0.15, 0.2) is 31.0 Å². The molecule has 117 heavy (non-hydrogen) atoms. The van der Waals surface area contributed by atoms with E-state index in [1.807, 2.05) is 196 Å². The van der Waals surface area contributed by atoms with Gasteiger partial charge in [0.05, 0.1) is 27.8 Å². The fraction of sp³-hybridized carbons (Fsp3) is 0.206. The molecule has 0 saturated heterocycles. The minimum absolute atomic E-state index is 0.0434. The Hall–Kier alpha value is -13.1. The van der Waals surface area contributed by atoms with E-state index in [2.05, 4.69) is 111 Å². The summed E-state index contributed by atoms with van der Waals surface area (Å²) in [6.45, 7) is 4.15. The van der Waals surface area contributed by atoms with Crippen LogP contribution in [0.1, 0.15) is 145 Å². The largest absolute Gasteiger partial charge is 0.455 e. The lowest BCUT2D eigenvalue weighted by molar-refractivity contribution is -0.660. The van der Waals surface area contributed by atoms with Crippen molar-refractivity contribution >= 4 is 110 Å². The Morgan fingerprint density at radius 1 is 0.265 bits per heavy atom. The van der Waals surface area contributed by atoms with Crippen LogP contribution in [-0.2, 0) is 35.2 Å². The summed E-state index contributed by atoms with van der Waals surface area (Å²) in [7, 11) is 9.44. The molecule has 0 amide bonds. The van der Waals surface area contributed by atoms with Crippen LogP contribution in [0.5, 0.6) is 0 Å². The van der Waals surface area contributed by atoms with Gasteiger partial charge in [-0.1, -0.05) is 193 Å². The summed E-state index contributed by atoms with van der Waals surface area (Å²) < 4.78 is 182. The second-order valence-electron chi connectivity index (χ2n) is 30.6. The number of fused-ring (bicyclic) bond motifs is 15. The Balaban J connectivity index is 0.000000123. The molecule has 10 aromatic heterocycles. The second-order valence-corrected chi connectivity index (χ2v) is 30.6. The first-order chi connectivity index (χ1) is 63.5. The van der Waals surface area contributed by atoms with Crippen LogP contribution in [0, 0.1) is 55.2 Å². The summed E-state index contributed by atoms with van der Waals surface area (Å²) in [6.07, 6.45) is 8.73. The van der Waals surface area contributed by atoms with Gasteiger partial charge in [0.1, 0.15) is 91.1 Å². The van der Waals surface area contributed by atoms with E-state index in [0.717, 1.165) is 155 Å². The van der Waals surface area contributed by atoms with Crippen LogP contribution in [0.3, 0.4) is 0 Å². The number of aromatic nitrogens is 5. The third-order valence-electron chi connectivity index (χ3n) is 22.3. The van der Waals surface area contributed by atoms with Gasteiger partial charge in [-0.25, -0.2) is 22.8 Å². The third kappa shape index (κ3) is 14.7. The van der Waals surface area contributed by atoms with Gasteiger partial charge in [-0.3, -0.25) is 0 Å². The SMILES string of the molecule is Cc1cc[n+](C)c(-c2c(C)ccc3c2oc2ccccc23)c1.[2H]C([2H])([2H])C([2H])(C)c1cc[n+](C)c(-c2c(C)ccc3c2oc2ccccc23)c1.[2H]C([2H])([2H])C([2H])(C)c1ccc(-c2c(C)ccc3c2oc2ccccc23)[n+](C)c1.[2H]C([2H])([2H])c1c[n+](C)c(-c2c(C)ccc3c2oc2ccccc23)cc1C([2H])(C)C([2H])([2H])[2H].[2H]C([2H])([2H])c1ccc(-c2c(C)ccc3c2oc2ccccc23)[n+](C)c1. The van der Waals surface area contributed by atoms with Crippen molar-refractivity contribution in [3.63, 3.8) is 0 Å². The van der Waals surface area contributed by atoms with Crippen LogP contribution in [0.2, 0.25) is 0 Å². The van der Waals surface area contributed by atoms with Crippen LogP contribution in [-0.4, -0.2) is 0 Å². The Labute approximate surface area is 710 Å². The first kappa shape index (κ1) is 58.7. The highest BCUT2D eigenvalue weighted by atomic mass is 16.3. The summed E-state index contributed by atoms with van der Waals surface area (Å²) >= 11 is 0. The van der Waals surface area contributed by atoms with Gasteiger partial charge in [-0.2, -0.15) is 0 Å². The molecule has 0 aliphatic carbocycles. The fourth-order valence-electron chi connectivity index (χ4n) is 16.2. The number of aryl methyl sites for hydroxylation is 13. The van der Waals surface area contributed by atoms with Crippen LogP contribution >= 0.6 is 0 Å². The Kier molecular flexibility index (Phi) is 16.1. The van der Waals surface area contributed by atoms with Gasteiger partial charge in [0.2, 0.25) is 28.5 Å². The van der Waals surface area contributed by atoms with Crippen molar-refractivity contribution in [2.75, 3.05) is 0 Å². The van der Waals surface area contributed by atoms with Crippen molar-refractivity contribution in [3.05, 3.63) is 329 Å². The van der Waals surface area contributed by atoms with Crippen molar-refractivity contribution in [2.45, 2.75) is 114 Å². The minimum Gasteiger partial charge on any atom is -0.455 e. The molecule has 582 valence electrons. The highest BCUT2D eigenvalue weighted by Crippen LogP contribution is 2.43. The van der Waals surface area contributed by atoms with Crippen LogP contribution in [0.15, 0.2) is 290 Å². The molecule has 10 nitrogen and oxygen atoms in total. The third-order valence-corrected chi connectivity index (χ3v) is 22.3. The molecule has 0 spiro atoms. The van der Waals surface area contributed by atoms with Gasteiger partial charge in [-0.15, -0.1) is 0 Å². The first-order valence-electron chi connectivity index (χ1n) is 48.0. The van der Waals surface area contributed by atoms with E-state index in [4.69, 9.17) is 46.8 Å². The Morgan fingerprint density at radius 3 is 0.966 bits per heavy atom. The summed E-state index contributed by atoms with van der Waals surface area (Å²) in [6, 6.07) is 77.0. The maximum Gasteiger partial charge on any atom is 0.216 e. The lowest BCUT2D eigenvalue weighted by Crippen LogP contribution is -2.32. The average molecular weight is 1560 g/mol.